The van der Waals surface area contributed by atoms with Gasteiger partial charge < -0.3 is 9.72 Å². The van der Waals surface area contributed by atoms with Crippen molar-refractivity contribution in [3.05, 3.63) is 26.1 Å². The maximum absolute atomic E-state index is 11.1. The zero-order chi connectivity index (χ0) is 9.30. The molecule has 0 fully saturated rings. The Balaban J connectivity index is 3.52. The standard InChI is InChI=1S/C7H7Cl2NO2/c1-3-4(8)5(9)6(12-2)7(11)10-3/h1-2H3,(H,10,11). The summed E-state index contributed by atoms with van der Waals surface area (Å²) in [7, 11) is 1.36. The van der Waals surface area contributed by atoms with Crippen LogP contribution in [0, 0.1) is 6.92 Å². The van der Waals surface area contributed by atoms with Crippen molar-refractivity contribution in [2.45, 2.75) is 6.92 Å². The Morgan fingerprint density at radius 2 is 1.92 bits per heavy atom. The molecular weight excluding hydrogens is 201 g/mol. The van der Waals surface area contributed by atoms with Crippen molar-refractivity contribution in [3.63, 3.8) is 0 Å². The molecule has 66 valence electrons. The monoisotopic (exact) mass is 207 g/mol. The van der Waals surface area contributed by atoms with Crippen molar-refractivity contribution in [3.8, 4) is 5.75 Å². The van der Waals surface area contributed by atoms with E-state index in [1.165, 1.54) is 7.11 Å². The molecule has 1 heterocycles. The number of hydrogen-bond donors (Lipinski definition) is 1. The quantitative estimate of drug-likeness (QED) is 0.766. The molecule has 0 saturated carbocycles. The summed E-state index contributed by atoms with van der Waals surface area (Å²) >= 11 is 11.5. The number of hydrogen-bond acceptors (Lipinski definition) is 2. The van der Waals surface area contributed by atoms with Crippen LogP contribution in [0.25, 0.3) is 0 Å². The lowest BCUT2D eigenvalue weighted by molar-refractivity contribution is 0.408. The van der Waals surface area contributed by atoms with Crippen molar-refractivity contribution in [2.24, 2.45) is 0 Å². The highest BCUT2D eigenvalue weighted by atomic mass is 35.5. The third-order valence-corrected chi connectivity index (χ3v) is 2.36. The summed E-state index contributed by atoms with van der Waals surface area (Å²) in [4.78, 5) is 13.6. The smallest absolute Gasteiger partial charge is 0.292 e. The minimum absolute atomic E-state index is 0.0484. The Hall–Kier alpha value is -0.670. The molecule has 1 rings (SSSR count). The molecule has 0 saturated heterocycles. The Kier molecular flexibility index (Phi) is 2.65. The summed E-state index contributed by atoms with van der Waals surface area (Å²) in [6, 6.07) is 0. The molecule has 3 nitrogen and oxygen atoms in total. The topological polar surface area (TPSA) is 42.1 Å². The van der Waals surface area contributed by atoms with Crippen LogP contribution in [-0.2, 0) is 0 Å². The minimum Gasteiger partial charge on any atom is -0.490 e. The van der Waals surface area contributed by atoms with Gasteiger partial charge in [-0.1, -0.05) is 23.2 Å². The largest absolute Gasteiger partial charge is 0.490 e. The summed E-state index contributed by atoms with van der Waals surface area (Å²) in [6.07, 6.45) is 0. The third kappa shape index (κ3) is 1.42. The van der Waals surface area contributed by atoms with Gasteiger partial charge in [0, 0.05) is 5.69 Å². The van der Waals surface area contributed by atoms with Crippen molar-refractivity contribution >= 4 is 23.2 Å². The normalized spacial score (nSPS) is 10.0. The first-order valence-electron chi connectivity index (χ1n) is 3.19. The van der Waals surface area contributed by atoms with Crippen LogP contribution >= 0.6 is 23.2 Å². The van der Waals surface area contributed by atoms with E-state index < -0.39 is 0 Å². The van der Waals surface area contributed by atoms with Gasteiger partial charge in [-0.25, -0.2) is 0 Å². The average molecular weight is 208 g/mol. The van der Waals surface area contributed by atoms with E-state index in [1.807, 2.05) is 0 Å². The van der Waals surface area contributed by atoms with E-state index in [1.54, 1.807) is 6.92 Å². The Bertz CT molecular complexity index is 359. The molecule has 5 heteroatoms. The fourth-order valence-electron chi connectivity index (χ4n) is 0.828. The van der Waals surface area contributed by atoms with Crippen LogP contribution in [0.1, 0.15) is 5.69 Å². The van der Waals surface area contributed by atoms with Crippen LogP contribution in [0.2, 0.25) is 10.0 Å². The SMILES string of the molecule is COc1c(Cl)c(Cl)c(C)[nH]c1=O. The van der Waals surface area contributed by atoms with Crippen molar-refractivity contribution in [1.29, 1.82) is 0 Å². The van der Waals surface area contributed by atoms with Gasteiger partial charge in [-0.05, 0) is 6.92 Å². The number of pyridine rings is 1. The summed E-state index contributed by atoms with van der Waals surface area (Å²) in [6.45, 7) is 1.66. The zero-order valence-corrected chi connectivity index (χ0v) is 8.08. The van der Waals surface area contributed by atoms with Gasteiger partial charge >= 0.3 is 0 Å². The molecule has 0 aliphatic carbocycles. The summed E-state index contributed by atoms with van der Waals surface area (Å²) in [5, 5.41) is 0.466. The molecule has 0 aromatic carbocycles. The van der Waals surface area contributed by atoms with Crippen molar-refractivity contribution in [2.75, 3.05) is 7.11 Å². The number of methoxy groups -OCH3 is 1. The zero-order valence-electron chi connectivity index (χ0n) is 6.57. The molecule has 12 heavy (non-hydrogen) atoms. The fourth-order valence-corrected chi connectivity index (χ4v) is 1.27. The predicted octanol–water partition coefficient (Wildman–Crippen LogP) is 2.00. The first-order chi connectivity index (χ1) is 5.57. The van der Waals surface area contributed by atoms with E-state index in [9.17, 15) is 4.79 Å². The number of aryl methyl sites for hydroxylation is 1. The van der Waals surface area contributed by atoms with Gasteiger partial charge in [0.2, 0.25) is 5.75 Å². The number of aromatic nitrogens is 1. The lowest BCUT2D eigenvalue weighted by atomic mass is 10.3. The molecular formula is C7H7Cl2NO2. The number of aromatic amines is 1. The van der Waals surface area contributed by atoms with Crippen molar-refractivity contribution < 1.29 is 4.74 Å². The summed E-state index contributed by atoms with van der Waals surface area (Å²) in [5.74, 6) is 0.0484. The molecule has 1 aromatic rings. The maximum atomic E-state index is 11.1. The van der Waals surface area contributed by atoms with E-state index in [0.29, 0.717) is 10.7 Å². The van der Waals surface area contributed by atoms with Crippen LogP contribution in [0.4, 0.5) is 0 Å². The molecule has 0 aliphatic heterocycles. The van der Waals surface area contributed by atoms with E-state index in [4.69, 9.17) is 27.9 Å². The second kappa shape index (κ2) is 3.37. The van der Waals surface area contributed by atoms with E-state index >= 15 is 0 Å². The molecule has 0 atom stereocenters. The number of nitrogens with one attached hydrogen (secondary N) is 1. The van der Waals surface area contributed by atoms with E-state index in [2.05, 4.69) is 4.98 Å². The molecule has 0 radical (unpaired) electrons. The second-order valence-corrected chi connectivity index (χ2v) is 3.00. The first kappa shape index (κ1) is 9.42. The molecule has 0 aliphatic rings. The highest BCUT2D eigenvalue weighted by Crippen LogP contribution is 2.29. The van der Waals surface area contributed by atoms with Gasteiger partial charge in [0.05, 0.1) is 12.1 Å². The van der Waals surface area contributed by atoms with Gasteiger partial charge in [0.1, 0.15) is 5.02 Å². The van der Waals surface area contributed by atoms with Crippen LogP contribution in [0.3, 0.4) is 0 Å². The van der Waals surface area contributed by atoms with Gasteiger partial charge in [-0.2, -0.15) is 0 Å². The van der Waals surface area contributed by atoms with Gasteiger partial charge in [0.25, 0.3) is 5.56 Å². The molecule has 0 bridgehead atoms. The van der Waals surface area contributed by atoms with Crippen molar-refractivity contribution in [1.82, 2.24) is 4.98 Å². The van der Waals surface area contributed by atoms with E-state index in [-0.39, 0.29) is 16.3 Å². The van der Waals surface area contributed by atoms with Crippen LogP contribution in [-0.4, -0.2) is 12.1 Å². The fraction of sp³-hybridized carbons (Fsp3) is 0.286. The summed E-state index contributed by atoms with van der Waals surface area (Å²) < 4.78 is 4.75. The van der Waals surface area contributed by atoms with Crippen LogP contribution < -0.4 is 10.3 Å². The number of rotatable bonds is 1. The number of ether oxygens (including phenoxy) is 1. The predicted molar refractivity (Wildman–Crippen MR) is 48.4 cm³/mol. The highest BCUT2D eigenvalue weighted by molar-refractivity contribution is 6.43. The van der Waals surface area contributed by atoms with Crippen LogP contribution in [0.15, 0.2) is 4.79 Å². The van der Waals surface area contributed by atoms with Gasteiger partial charge in [-0.15, -0.1) is 0 Å². The highest BCUT2D eigenvalue weighted by Gasteiger charge is 2.12. The third-order valence-electron chi connectivity index (χ3n) is 1.43. The molecule has 1 N–H and O–H groups in total. The van der Waals surface area contributed by atoms with Gasteiger partial charge in [-0.3, -0.25) is 4.79 Å². The lowest BCUT2D eigenvalue weighted by Gasteiger charge is -2.04. The average Bonchev–Trinajstić information content (AvgIpc) is 2.01. The van der Waals surface area contributed by atoms with E-state index in [0.717, 1.165) is 0 Å². The molecule has 0 spiro atoms. The maximum Gasteiger partial charge on any atom is 0.292 e. The Morgan fingerprint density at radius 1 is 1.33 bits per heavy atom. The Labute approximate surface area is 79.3 Å². The molecule has 1 aromatic heterocycles. The van der Waals surface area contributed by atoms with Gasteiger partial charge in [0.15, 0.2) is 0 Å². The lowest BCUT2D eigenvalue weighted by Crippen LogP contribution is -2.11. The Morgan fingerprint density at radius 3 is 2.42 bits per heavy atom. The number of halogens is 2. The second-order valence-electron chi connectivity index (χ2n) is 2.24. The summed E-state index contributed by atoms with van der Waals surface area (Å²) in [5.41, 5.74) is 0.164. The number of H-pyrrole nitrogens is 1. The van der Waals surface area contributed by atoms with Crippen LogP contribution in [0.5, 0.6) is 5.75 Å². The first-order valence-corrected chi connectivity index (χ1v) is 3.95. The molecule has 0 amide bonds. The minimum atomic E-state index is -0.371. The molecule has 0 unspecified atom stereocenters.